The van der Waals surface area contributed by atoms with Crippen molar-refractivity contribution >= 4 is 6.03 Å². The van der Waals surface area contributed by atoms with Crippen LogP contribution in [-0.4, -0.2) is 36.4 Å². The molecule has 5 nitrogen and oxygen atoms in total. The van der Waals surface area contributed by atoms with E-state index in [1.807, 2.05) is 60.7 Å². The topological polar surface area (TPSA) is 73.4 Å². The van der Waals surface area contributed by atoms with E-state index in [9.17, 15) is 9.90 Å². The Morgan fingerprint density at radius 2 is 1.68 bits per heavy atom. The lowest BCUT2D eigenvalue weighted by Crippen LogP contribution is -2.54. The summed E-state index contributed by atoms with van der Waals surface area (Å²) in [5.74, 6) is 0. The van der Waals surface area contributed by atoms with Crippen LogP contribution in [0.3, 0.4) is 0 Å². The summed E-state index contributed by atoms with van der Waals surface area (Å²) in [7, 11) is 0. The van der Waals surface area contributed by atoms with Crippen LogP contribution < -0.4 is 16.0 Å². The van der Waals surface area contributed by atoms with Gasteiger partial charge < -0.3 is 21.1 Å². The van der Waals surface area contributed by atoms with Crippen LogP contribution >= 0.6 is 0 Å². The summed E-state index contributed by atoms with van der Waals surface area (Å²) in [5.41, 5.74) is 1.16. The maximum atomic E-state index is 12.4. The number of β-amino-alcohol motifs (C(OH)–C–C–N with tert-alkyl or cyclic N) is 1. The van der Waals surface area contributed by atoms with E-state index < -0.39 is 5.60 Å². The second kappa shape index (κ2) is 8.14. The van der Waals surface area contributed by atoms with Crippen molar-refractivity contribution in [2.45, 2.75) is 24.5 Å². The molecule has 2 aromatic rings. The van der Waals surface area contributed by atoms with Gasteiger partial charge in [0.05, 0.1) is 11.6 Å². The smallest absolute Gasteiger partial charge is 0.315 e. The van der Waals surface area contributed by atoms with Gasteiger partial charge in [0, 0.05) is 13.1 Å². The second-order valence-electron chi connectivity index (χ2n) is 6.59. The number of rotatable bonds is 5. The van der Waals surface area contributed by atoms with Crippen LogP contribution in [0.25, 0.3) is 0 Å². The third-order valence-electron chi connectivity index (χ3n) is 4.57. The average Bonchev–Trinajstić information content (AvgIpc) is 2.66. The van der Waals surface area contributed by atoms with Gasteiger partial charge in [-0.25, -0.2) is 4.79 Å². The molecule has 1 unspecified atom stereocenters. The summed E-state index contributed by atoms with van der Waals surface area (Å²) in [6.45, 7) is 1.66. The number of carbonyl (C=O) groups is 1. The van der Waals surface area contributed by atoms with E-state index in [-0.39, 0.29) is 18.6 Å². The SMILES string of the molecule is O=C(NCC1(O)CCCNC1)NC(c1ccccc1)c1ccccc1. The number of piperidine rings is 1. The highest BCUT2D eigenvalue weighted by Crippen LogP contribution is 2.21. The van der Waals surface area contributed by atoms with E-state index in [4.69, 9.17) is 0 Å². The summed E-state index contributed by atoms with van der Waals surface area (Å²) in [5, 5.41) is 19.5. The minimum Gasteiger partial charge on any atom is -0.387 e. The van der Waals surface area contributed by atoms with Crippen molar-refractivity contribution in [3.8, 4) is 0 Å². The maximum absolute atomic E-state index is 12.4. The molecule has 25 heavy (non-hydrogen) atoms. The molecule has 4 N–H and O–H groups in total. The molecule has 0 bridgehead atoms. The zero-order valence-corrected chi connectivity index (χ0v) is 14.2. The fourth-order valence-electron chi connectivity index (χ4n) is 3.18. The molecule has 3 rings (SSSR count). The van der Waals surface area contributed by atoms with E-state index in [0.29, 0.717) is 13.0 Å². The van der Waals surface area contributed by atoms with E-state index in [1.165, 1.54) is 0 Å². The van der Waals surface area contributed by atoms with Gasteiger partial charge in [-0.3, -0.25) is 0 Å². The first-order valence-electron chi connectivity index (χ1n) is 8.74. The number of hydrogen-bond acceptors (Lipinski definition) is 3. The van der Waals surface area contributed by atoms with Crippen LogP contribution in [0.5, 0.6) is 0 Å². The van der Waals surface area contributed by atoms with Gasteiger partial charge in [0.25, 0.3) is 0 Å². The normalized spacial score (nSPS) is 20.2. The summed E-state index contributed by atoms with van der Waals surface area (Å²) in [6, 6.07) is 19.2. The van der Waals surface area contributed by atoms with Crippen molar-refractivity contribution in [3.05, 3.63) is 71.8 Å². The van der Waals surface area contributed by atoms with Gasteiger partial charge in [0.15, 0.2) is 0 Å². The number of aliphatic hydroxyl groups is 1. The van der Waals surface area contributed by atoms with Gasteiger partial charge in [0.2, 0.25) is 0 Å². The minimum absolute atomic E-state index is 0.235. The number of benzene rings is 2. The quantitative estimate of drug-likeness (QED) is 0.675. The van der Waals surface area contributed by atoms with Crippen molar-refractivity contribution in [3.63, 3.8) is 0 Å². The largest absolute Gasteiger partial charge is 0.387 e. The first-order chi connectivity index (χ1) is 12.2. The fraction of sp³-hybridized carbons (Fsp3) is 0.350. The lowest BCUT2D eigenvalue weighted by Gasteiger charge is -2.33. The van der Waals surface area contributed by atoms with Crippen molar-refractivity contribution in [1.29, 1.82) is 0 Å². The third-order valence-corrected chi connectivity index (χ3v) is 4.57. The zero-order valence-electron chi connectivity index (χ0n) is 14.2. The van der Waals surface area contributed by atoms with Crippen LogP contribution in [0.1, 0.15) is 30.0 Å². The maximum Gasteiger partial charge on any atom is 0.315 e. The van der Waals surface area contributed by atoms with Gasteiger partial charge in [-0.2, -0.15) is 0 Å². The van der Waals surface area contributed by atoms with Crippen molar-refractivity contribution in [2.75, 3.05) is 19.6 Å². The Kier molecular flexibility index (Phi) is 5.68. The molecule has 1 saturated heterocycles. The molecule has 0 saturated carbocycles. The van der Waals surface area contributed by atoms with Gasteiger partial charge in [-0.15, -0.1) is 0 Å². The van der Waals surface area contributed by atoms with Crippen molar-refractivity contribution < 1.29 is 9.90 Å². The first kappa shape index (κ1) is 17.5. The minimum atomic E-state index is -0.870. The molecule has 1 aliphatic heterocycles. The highest BCUT2D eigenvalue weighted by atomic mass is 16.3. The molecule has 1 heterocycles. The molecule has 0 aliphatic carbocycles. The summed E-state index contributed by atoms with van der Waals surface area (Å²) in [4.78, 5) is 12.4. The molecular weight excluding hydrogens is 314 g/mol. The lowest BCUT2D eigenvalue weighted by atomic mass is 9.94. The van der Waals surface area contributed by atoms with Gasteiger partial charge >= 0.3 is 6.03 Å². The Bertz CT molecular complexity index is 630. The van der Waals surface area contributed by atoms with Crippen molar-refractivity contribution in [2.24, 2.45) is 0 Å². The molecule has 132 valence electrons. The fourth-order valence-corrected chi connectivity index (χ4v) is 3.18. The van der Waals surface area contributed by atoms with E-state index in [1.54, 1.807) is 0 Å². The van der Waals surface area contributed by atoms with Gasteiger partial charge in [-0.05, 0) is 30.5 Å². The average molecular weight is 339 g/mol. The summed E-state index contributed by atoms with van der Waals surface area (Å²) in [6.07, 6.45) is 1.61. The monoisotopic (exact) mass is 339 g/mol. The van der Waals surface area contributed by atoms with Crippen LogP contribution in [-0.2, 0) is 0 Å². The molecule has 1 fully saturated rings. The predicted molar refractivity (Wildman–Crippen MR) is 98.3 cm³/mol. The third kappa shape index (κ3) is 4.81. The molecular formula is C20H25N3O2. The van der Waals surface area contributed by atoms with Gasteiger partial charge in [0.1, 0.15) is 0 Å². The molecule has 1 atom stereocenters. The second-order valence-corrected chi connectivity index (χ2v) is 6.59. The number of amides is 2. The van der Waals surface area contributed by atoms with Crippen LogP contribution in [0.15, 0.2) is 60.7 Å². The highest BCUT2D eigenvalue weighted by molar-refractivity contribution is 5.75. The standard InChI is InChI=1S/C20H25N3O2/c24-19(22-15-20(25)12-7-13-21-14-20)23-18(16-8-3-1-4-9-16)17-10-5-2-6-11-17/h1-6,8-11,18,21,25H,7,12-15H2,(H2,22,23,24). The number of carbonyl (C=O) groups excluding carboxylic acids is 1. The molecule has 0 aromatic heterocycles. The van der Waals surface area contributed by atoms with Crippen LogP contribution in [0, 0.1) is 0 Å². The molecule has 0 radical (unpaired) electrons. The Balaban J connectivity index is 1.67. The van der Waals surface area contributed by atoms with E-state index >= 15 is 0 Å². The molecule has 0 spiro atoms. The highest BCUT2D eigenvalue weighted by Gasteiger charge is 2.29. The van der Waals surface area contributed by atoms with E-state index in [2.05, 4.69) is 16.0 Å². The number of urea groups is 1. The van der Waals surface area contributed by atoms with E-state index in [0.717, 1.165) is 24.1 Å². The molecule has 5 heteroatoms. The Hall–Kier alpha value is -2.37. The predicted octanol–water partition coefficient (Wildman–Crippen LogP) is 2.19. The lowest BCUT2D eigenvalue weighted by molar-refractivity contribution is 0.0194. The Morgan fingerprint density at radius 3 is 2.20 bits per heavy atom. The number of nitrogens with one attached hydrogen (secondary N) is 3. The summed E-state index contributed by atoms with van der Waals surface area (Å²) < 4.78 is 0. The van der Waals surface area contributed by atoms with Crippen molar-refractivity contribution in [1.82, 2.24) is 16.0 Å². The zero-order chi connectivity index (χ0) is 17.5. The molecule has 2 aromatic carbocycles. The summed E-state index contributed by atoms with van der Waals surface area (Å²) >= 11 is 0. The van der Waals surface area contributed by atoms with Gasteiger partial charge in [-0.1, -0.05) is 60.7 Å². The number of hydrogen-bond donors (Lipinski definition) is 4. The molecule has 2 amide bonds. The Morgan fingerprint density at radius 1 is 1.08 bits per heavy atom. The first-order valence-corrected chi connectivity index (χ1v) is 8.74. The molecule has 1 aliphatic rings. The van der Waals surface area contributed by atoms with Crippen LogP contribution in [0.4, 0.5) is 4.79 Å². The van der Waals surface area contributed by atoms with Crippen LogP contribution in [0.2, 0.25) is 0 Å². The Labute approximate surface area is 148 Å².